The first-order valence-electron chi connectivity index (χ1n) is 11.7. The summed E-state index contributed by atoms with van der Waals surface area (Å²) in [7, 11) is 0. The summed E-state index contributed by atoms with van der Waals surface area (Å²) in [4.78, 5) is 26.8. The van der Waals surface area contributed by atoms with E-state index in [4.69, 9.17) is 4.74 Å². The minimum Gasteiger partial charge on any atom is -0.481 e. The number of aryl methyl sites for hydroxylation is 1. The average molecular weight is 494 g/mol. The maximum Gasteiger partial charge on any atom is 0.387 e. The van der Waals surface area contributed by atoms with Gasteiger partial charge in [-0.3, -0.25) is 4.79 Å². The molecule has 4 heterocycles. The highest BCUT2D eigenvalue weighted by Crippen LogP contribution is 2.28. The Balaban J connectivity index is 1.43. The lowest BCUT2D eigenvalue weighted by Gasteiger charge is -2.23. The summed E-state index contributed by atoms with van der Waals surface area (Å²) in [6.45, 7) is -0.276. The molecule has 0 unspecified atom stereocenters. The van der Waals surface area contributed by atoms with Crippen LogP contribution in [0.4, 0.5) is 14.7 Å². The molecule has 8 nitrogen and oxygen atoms in total. The van der Waals surface area contributed by atoms with E-state index in [1.807, 2.05) is 34.6 Å². The molecule has 0 spiro atoms. The second kappa shape index (κ2) is 9.88. The van der Waals surface area contributed by atoms with E-state index in [-0.39, 0.29) is 18.2 Å². The van der Waals surface area contributed by atoms with Gasteiger partial charge in [0.1, 0.15) is 11.4 Å². The van der Waals surface area contributed by atoms with Crippen LogP contribution in [0.15, 0.2) is 55.0 Å². The maximum atomic E-state index is 12.9. The Morgan fingerprint density at radius 3 is 2.69 bits per heavy atom. The molecule has 3 aromatic heterocycles. The van der Waals surface area contributed by atoms with E-state index in [9.17, 15) is 18.7 Å². The van der Waals surface area contributed by atoms with Crippen LogP contribution >= 0.6 is 0 Å². The Hall–Kier alpha value is -4.08. The van der Waals surface area contributed by atoms with E-state index < -0.39 is 12.6 Å². The van der Waals surface area contributed by atoms with Gasteiger partial charge in [-0.05, 0) is 38.0 Å². The van der Waals surface area contributed by atoms with Crippen LogP contribution < -0.4 is 9.64 Å². The first-order chi connectivity index (χ1) is 17.4. The lowest BCUT2D eigenvalue weighted by Crippen LogP contribution is -2.32. The number of nitrogens with zero attached hydrogens (tertiary/aromatic N) is 5. The minimum absolute atomic E-state index is 0.0655. The largest absolute Gasteiger partial charge is 0.481 e. The summed E-state index contributed by atoms with van der Waals surface area (Å²) in [6.07, 6.45) is 7.55. The molecule has 0 amide bonds. The molecule has 1 N–H and O–H groups in total. The number of alkyl halides is 2. The molecule has 4 aromatic rings. The van der Waals surface area contributed by atoms with Crippen LogP contribution in [0.2, 0.25) is 0 Å². The van der Waals surface area contributed by atoms with Gasteiger partial charge in [0.2, 0.25) is 5.95 Å². The number of hydrogen-bond donors (Lipinski definition) is 1. The summed E-state index contributed by atoms with van der Waals surface area (Å²) < 4.78 is 32.4. The lowest BCUT2D eigenvalue weighted by atomic mass is 10.1. The lowest BCUT2D eigenvalue weighted by molar-refractivity contribution is -0.137. The minimum atomic E-state index is -2.90. The number of anilines is 1. The van der Waals surface area contributed by atoms with Gasteiger partial charge in [0.05, 0.1) is 12.1 Å². The monoisotopic (exact) mass is 493 g/mol. The number of para-hydroxylation sites is 1. The average Bonchev–Trinajstić information content (AvgIpc) is 3.43. The Morgan fingerprint density at radius 1 is 1.17 bits per heavy atom. The molecule has 10 heteroatoms. The predicted molar refractivity (Wildman–Crippen MR) is 129 cm³/mol. The third-order valence-corrected chi connectivity index (χ3v) is 6.48. The zero-order valence-electron chi connectivity index (χ0n) is 19.6. The third-order valence-electron chi connectivity index (χ3n) is 6.48. The van der Waals surface area contributed by atoms with Gasteiger partial charge < -0.3 is 19.1 Å². The second-order valence-electron chi connectivity index (χ2n) is 8.81. The second-order valence-corrected chi connectivity index (χ2v) is 8.81. The van der Waals surface area contributed by atoms with Gasteiger partial charge >= 0.3 is 12.6 Å². The number of ether oxygens (including phenoxy) is 1. The molecule has 0 aliphatic carbocycles. The van der Waals surface area contributed by atoms with Gasteiger partial charge in [-0.1, -0.05) is 18.2 Å². The number of imidazole rings is 1. The van der Waals surface area contributed by atoms with Crippen LogP contribution in [0.3, 0.4) is 0 Å². The van der Waals surface area contributed by atoms with E-state index in [2.05, 4.69) is 15.0 Å². The molecule has 0 bridgehead atoms. The number of pyridine rings is 1. The van der Waals surface area contributed by atoms with Crippen molar-refractivity contribution >= 4 is 17.6 Å². The quantitative estimate of drug-likeness (QED) is 0.379. The standard InChI is InChI=1S/C26H25F2N5O3/c1-16-21(11-17-5-2-3-7-22(17)36-25(27)28)33-15-18(8-9-23(33)31-16)19-13-29-26(30-14-19)32-10-4-6-20(32)12-24(34)35/h2-3,5,7-9,13-15,20,25H,4,6,10-12H2,1H3,(H,34,35)/t20-/m1/s1. The van der Waals surface area contributed by atoms with Crippen molar-refractivity contribution in [1.82, 2.24) is 19.4 Å². The summed E-state index contributed by atoms with van der Waals surface area (Å²) in [5, 5.41) is 9.17. The van der Waals surface area contributed by atoms with Crippen molar-refractivity contribution in [1.29, 1.82) is 0 Å². The summed E-state index contributed by atoms with van der Waals surface area (Å²) in [5.74, 6) is -0.157. The molecule has 186 valence electrons. The summed E-state index contributed by atoms with van der Waals surface area (Å²) >= 11 is 0. The van der Waals surface area contributed by atoms with Crippen LogP contribution in [0.25, 0.3) is 16.8 Å². The van der Waals surface area contributed by atoms with Crippen LogP contribution in [0.5, 0.6) is 5.75 Å². The van der Waals surface area contributed by atoms with E-state index >= 15 is 0 Å². The highest BCUT2D eigenvalue weighted by atomic mass is 19.3. The molecule has 1 fully saturated rings. The van der Waals surface area contributed by atoms with Crippen molar-refractivity contribution in [2.24, 2.45) is 0 Å². The van der Waals surface area contributed by atoms with Crippen molar-refractivity contribution in [3.63, 3.8) is 0 Å². The topological polar surface area (TPSA) is 92.9 Å². The first kappa shape index (κ1) is 23.7. The molecule has 0 radical (unpaired) electrons. The van der Waals surface area contributed by atoms with E-state index in [1.54, 1.807) is 30.6 Å². The van der Waals surface area contributed by atoms with Crippen LogP contribution in [-0.2, 0) is 11.2 Å². The normalized spacial score (nSPS) is 15.7. The molecule has 0 saturated carbocycles. The van der Waals surface area contributed by atoms with Gasteiger partial charge in [0.15, 0.2) is 0 Å². The zero-order chi connectivity index (χ0) is 25.2. The zero-order valence-corrected chi connectivity index (χ0v) is 19.6. The number of benzene rings is 1. The van der Waals surface area contributed by atoms with Gasteiger partial charge in [0, 0.05) is 60.0 Å². The predicted octanol–water partition coefficient (Wildman–Crippen LogP) is 4.74. The fourth-order valence-corrected chi connectivity index (χ4v) is 4.77. The fraction of sp³-hybridized carbons (Fsp3) is 0.308. The van der Waals surface area contributed by atoms with Crippen LogP contribution in [0, 0.1) is 6.92 Å². The molecular weight excluding hydrogens is 468 g/mol. The van der Waals surface area contributed by atoms with Crippen molar-refractivity contribution in [2.45, 2.75) is 45.3 Å². The Morgan fingerprint density at radius 2 is 1.94 bits per heavy atom. The Kier molecular flexibility index (Phi) is 6.49. The summed E-state index contributed by atoms with van der Waals surface area (Å²) in [6, 6.07) is 10.5. The number of carbonyl (C=O) groups is 1. The number of carboxylic acids is 1. The van der Waals surface area contributed by atoms with Gasteiger partial charge in [-0.15, -0.1) is 0 Å². The SMILES string of the molecule is Cc1nc2ccc(-c3cnc(N4CCC[C@@H]4CC(=O)O)nc3)cn2c1Cc1ccccc1OC(F)F. The molecule has 5 rings (SSSR count). The van der Waals surface area contributed by atoms with Crippen molar-refractivity contribution in [3.8, 4) is 16.9 Å². The van der Waals surface area contributed by atoms with Gasteiger partial charge in [-0.25, -0.2) is 15.0 Å². The number of carboxylic acid groups (broad SMARTS) is 1. The highest BCUT2D eigenvalue weighted by Gasteiger charge is 2.28. The molecule has 1 aliphatic heterocycles. The molecule has 1 aromatic carbocycles. The number of fused-ring (bicyclic) bond motifs is 1. The number of aromatic nitrogens is 4. The van der Waals surface area contributed by atoms with E-state index in [0.717, 1.165) is 47.5 Å². The number of aliphatic carboxylic acids is 1. The molecule has 1 atom stereocenters. The third kappa shape index (κ3) is 4.84. The number of hydrogen-bond acceptors (Lipinski definition) is 6. The molecule has 1 aliphatic rings. The number of halogens is 2. The molecule has 36 heavy (non-hydrogen) atoms. The highest BCUT2D eigenvalue weighted by molar-refractivity contribution is 5.68. The van der Waals surface area contributed by atoms with Crippen LogP contribution in [0.1, 0.15) is 36.2 Å². The van der Waals surface area contributed by atoms with E-state index in [0.29, 0.717) is 17.9 Å². The van der Waals surface area contributed by atoms with Crippen LogP contribution in [-0.4, -0.2) is 49.6 Å². The fourth-order valence-electron chi connectivity index (χ4n) is 4.77. The smallest absolute Gasteiger partial charge is 0.387 e. The number of rotatable bonds is 8. The van der Waals surface area contributed by atoms with E-state index in [1.165, 1.54) is 6.07 Å². The Labute approximate surface area is 206 Å². The van der Waals surface area contributed by atoms with Crippen molar-refractivity contribution in [2.75, 3.05) is 11.4 Å². The first-order valence-corrected chi connectivity index (χ1v) is 11.7. The molecular formula is C26H25F2N5O3. The van der Waals surface area contributed by atoms with Crippen molar-refractivity contribution < 1.29 is 23.4 Å². The summed E-state index contributed by atoms with van der Waals surface area (Å²) in [5.41, 5.74) is 4.71. The maximum absolute atomic E-state index is 12.9. The van der Waals surface area contributed by atoms with Crippen molar-refractivity contribution in [3.05, 3.63) is 71.9 Å². The Bertz CT molecular complexity index is 1390. The van der Waals surface area contributed by atoms with Gasteiger partial charge in [0.25, 0.3) is 0 Å². The molecule has 1 saturated heterocycles. The van der Waals surface area contributed by atoms with Gasteiger partial charge in [-0.2, -0.15) is 8.78 Å².